The molecule has 4 nitrogen and oxygen atoms in total. The van der Waals surface area contributed by atoms with E-state index in [0.29, 0.717) is 13.0 Å². The average molecular weight is 291 g/mol. The lowest BCUT2D eigenvalue weighted by Gasteiger charge is -2.33. The standard InChI is InChI=1S/C16H18FNO3/c17-11-6-4-10(5-7-11)12-9-13(12)15(19)18-8-2-1-3-14(18)16(20)21/h4-7,12-14H,1-3,8-9H2,(H,20,21)/t12-,13-,14-/m1/s1. The van der Waals surface area contributed by atoms with Crippen LogP contribution in [0.3, 0.4) is 0 Å². The van der Waals surface area contributed by atoms with E-state index in [4.69, 9.17) is 0 Å². The summed E-state index contributed by atoms with van der Waals surface area (Å²) in [7, 11) is 0. The molecule has 1 amide bonds. The first kappa shape index (κ1) is 14.0. The summed E-state index contributed by atoms with van der Waals surface area (Å²) in [6.45, 7) is 0.530. The van der Waals surface area contributed by atoms with Crippen molar-refractivity contribution in [1.82, 2.24) is 4.90 Å². The Morgan fingerprint density at radius 1 is 1.19 bits per heavy atom. The molecule has 2 aliphatic rings. The van der Waals surface area contributed by atoms with Crippen LogP contribution < -0.4 is 0 Å². The number of piperidine rings is 1. The molecule has 1 aromatic rings. The highest BCUT2D eigenvalue weighted by Gasteiger charge is 2.48. The van der Waals surface area contributed by atoms with Crippen LogP contribution in [0.4, 0.5) is 4.39 Å². The summed E-state index contributed by atoms with van der Waals surface area (Å²) in [6, 6.07) is 5.53. The molecule has 1 saturated carbocycles. The Kier molecular flexibility index (Phi) is 3.66. The number of nitrogens with zero attached hydrogens (tertiary/aromatic N) is 1. The van der Waals surface area contributed by atoms with Crippen molar-refractivity contribution in [3.63, 3.8) is 0 Å². The molecule has 3 rings (SSSR count). The highest BCUT2D eigenvalue weighted by atomic mass is 19.1. The highest BCUT2D eigenvalue weighted by Crippen LogP contribution is 2.49. The fourth-order valence-electron chi connectivity index (χ4n) is 3.21. The Labute approximate surface area is 122 Å². The summed E-state index contributed by atoms with van der Waals surface area (Å²) in [5.41, 5.74) is 0.957. The number of carbonyl (C=O) groups is 2. The second-order valence-electron chi connectivity index (χ2n) is 5.88. The van der Waals surface area contributed by atoms with Gasteiger partial charge in [-0.15, -0.1) is 0 Å². The van der Waals surface area contributed by atoms with Gasteiger partial charge in [-0.1, -0.05) is 12.1 Å². The van der Waals surface area contributed by atoms with Crippen molar-refractivity contribution in [3.8, 4) is 0 Å². The maximum absolute atomic E-state index is 12.9. The lowest BCUT2D eigenvalue weighted by atomic mass is 10.0. The van der Waals surface area contributed by atoms with Crippen LogP contribution in [0.1, 0.15) is 37.2 Å². The van der Waals surface area contributed by atoms with Gasteiger partial charge >= 0.3 is 5.97 Å². The molecule has 0 spiro atoms. The number of benzene rings is 1. The zero-order chi connectivity index (χ0) is 15.0. The molecule has 3 atom stereocenters. The van der Waals surface area contributed by atoms with E-state index < -0.39 is 12.0 Å². The molecule has 1 aliphatic carbocycles. The predicted molar refractivity (Wildman–Crippen MR) is 74.2 cm³/mol. The van der Waals surface area contributed by atoms with Crippen LogP contribution in [0.2, 0.25) is 0 Å². The van der Waals surface area contributed by atoms with Gasteiger partial charge in [0.05, 0.1) is 0 Å². The SMILES string of the molecule is O=C(O)[C@H]1CCCCN1C(=O)[C@@H]1C[C@@H]1c1ccc(F)cc1. The van der Waals surface area contributed by atoms with E-state index in [0.717, 1.165) is 24.8 Å². The number of amides is 1. The minimum Gasteiger partial charge on any atom is -0.480 e. The monoisotopic (exact) mass is 291 g/mol. The van der Waals surface area contributed by atoms with E-state index in [-0.39, 0.29) is 23.6 Å². The maximum Gasteiger partial charge on any atom is 0.326 e. The number of carboxylic acids is 1. The lowest BCUT2D eigenvalue weighted by molar-refractivity contribution is -0.152. The van der Waals surface area contributed by atoms with Crippen LogP contribution in [-0.2, 0) is 9.59 Å². The van der Waals surface area contributed by atoms with Gasteiger partial charge in [0, 0.05) is 12.5 Å². The van der Waals surface area contributed by atoms with E-state index in [9.17, 15) is 19.1 Å². The number of hydrogen-bond donors (Lipinski definition) is 1. The van der Waals surface area contributed by atoms with Gasteiger partial charge in [-0.05, 0) is 49.3 Å². The summed E-state index contributed by atoms with van der Waals surface area (Å²) in [5.74, 6) is -1.30. The lowest BCUT2D eigenvalue weighted by Crippen LogP contribution is -2.48. The van der Waals surface area contributed by atoms with Gasteiger partial charge in [-0.25, -0.2) is 9.18 Å². The molecular formula is C16H18FNO3. The van der Waals surface area contributed by atoms with Crippen LogP contribution in [0.15, 0.2) is 24.3 Å². The van der Waals surface area contributed by atoms with Gasteiger partial charge in [0.2, 0.25) is 5.91 Å². The summed E-state index contributed by atoms with van der Waals surface area (Å²) in [5, 5.41) is 9.24. The largest absolute Gasteiger partial charge is 0.480 e. The van der Waals surface area contributed by atoms with Crippen molar-refractivity contribution >= 4 is 11.9 Å². The number of hydrogen-bond acceptors (Lipinski definition) is 2. The minimum atomic E-state index is -0.915. The zero-order valence-corrected chi connectivity index (χ0v) is 11.7. The van der Waals surface area contributed by atoms with E-state index in [2.05, 4.69) is 0 Å². The Hall–Kier alpha value is -1.91. The molecule has 1 N–H and O–H groups in total. The second-order valence-corrected chi connectivity index (χ2v) is 5.88. The number of halogens is 1. The Morgan fingerprint density at radius 2 is 1.90 bits per heavy atom. The summed E-state index contributed by atoms with van der Waals surface area (Å²) < 4.78 is 12.9. The van der Waals surface area contributed by atoms with Crippen LogP contribution in [0.5, 0.6) is 0 Å². The first-order valence-corrected chi connectivity index (χ1v) is 7.36. The van der Waals surface area contributed by atoms with Crippen LogP contribution in [0.25, 0.3) is 0 Å². The van der Waals surface area contributed by atoms with Gasteiger partial charge in [-0.3, -0.25) is 4.79 Å². The topological polar surface area (TPSA) is 57.6 Å². The molecule has 2 fully saturated rings. The molecule has 1 heterocycles. The molecule has 112 valence electrons. The fraction of sp³-hybridized carbons (Fsp3) is 0.500. The number of aliphatic carboxylic acids is 1. The van der Waals surface area contributed by atoms with Crippen molar-refractivity contribution in [3.05, 3.63) is 35.6 Å². The normalized spacial score (nSPS) is 28.2. The van der Waals surface area contributed by atoms with Gasteiger partial charge in [-0.2, -0.15) is 0 Å². The highest BCUT2D eigenvalue weighted by molar-refractivity contribution is 5.87. The predicted octanol–water partition coefficient (Wildman–Crippen LogP) is 2.39. The van der Waals surface area contributed by atoms with E-state index in [1.54, 1.807) is 12.1 Å². The third-order valence-corrected chi connectivity index (χ3v) is 4.48. The zero-order valence-electron chi connectivity index (χ0n) is 11.7. The van der Waals surface area contributed by atoms with Gasteiger partial charge in [0.25, 0.3) is 0 Å². The molecule has 21 heavy (non-hydrogen) atoms. The molecule has 1 saturated heterocycles. The second kappa shape index (κ2) is 5.47. The quantitative estimate of drug-likeness (QED) is 0.930. The van der Waals surface area contributed by atoms with Crippen molar-refractivity contribution in [2.75, 3.05) is 6.54 Å². The third-order valence-electron chi connectivity index (χ3n) is 4.48. The number of rotatable bonds is 3. The molecular weight excluding hydrogens is 273 g/mol. The van der Waals surface area contributed by atoms with Gasteiger partial charge in [0.1, 0.15) is 11.9 Å². The van der Waals surface area contributed by atoms with Gasteiger partial charge in [0.15, 0.2) is 0 Å². The molecule has 1 aromatic carbocycles. The Balaban J connectivity index is 1.69. The Bertz CT molecular complexity index is 557. The van der Waals surface area contributed by atoms with Crippen molar-refractivity contribution < 1.29 is 19.1 Å². The molecule has 0 bridgehead atoms. The number of carboxylic acid groups (broad SMARTS) is 1. The van der Waals surface area contributed by atoms with E-state index in [1.165, 1.54) is 17.0 Å². The van der Waals surface area contributed by atoms with Crippen molar-refractivity contribution in [2.45, 2.75) is 37.6 Å². The molecule has 1 aliphatic heterocycles. The summed E-state index contributed by atoms with van der Waals surface area (Å²) in [4.78, 5) is 25.3. The molecule has 5 heteroatoms. The average Bonchev–Trinajstić information content (AvgIpc) is 3.27. The molecule has 0 unspecified atom stereocenters. The van der Waals surface area contributed by atoms with E-state index >= 15 is 0 Å². The number of likely N-dealkylation sites (tertiary alicyclic amines) is 1. The van der Waals surface area contributed by atoms with Crippen molar-refractivity contribution in [2.24, 2.45) is 5.92 Å². The molecule has 0 aromatic heterocycles. The molecule has 0 radical (unpaired) electrons. The van der Waals surface area contributed by atoms with Crippen LogP contribution >= 0.6 is 0 Å². The third kappa shape index (κ3) is 2.77. The smallest absolute Gasteiger partial charge is 0.326 e. The first-order chi connectivity index (χ1) is 10.1. The maximum atomic E-state index is 12.9. The summed E-state index contributed by atoms with van der Waals surface area (Å²) in [6.07, 6.45) is 2.98. The summed E-state index contributed by atoms with van der Waals surface area (Å²) >= 11 is 0. The van der Waals surface area contributed by atoms with Gasteiger partial charge < -0.3 is 10.0 Å². The first-order valence-electron chi connectivity index (χ1n) is 7.36. The van der Waals surface area contributed by atoms with E-state index in [1.807, 2.05) is 0 Å². The number of carbonyl (C=O) groups excluding carboxylic acids is 1. The van der Waals surface area contributed by atoms with Crippen LogP contribution in [-0.4, -0.2) is 34.5 Å². The van der Waals surface area contributed by atoms with Crippen molar-refractivity contribution in [1.29, 1.82) is 0 Å². The van der Waals surface area contributed by atoms with Crippen LogP contribution in [0, 0.1) is 11.7 Å². The fourth-order valence-corrected chi connectivity index (χ4v) is 3.21. The minimum absolute atomic E-state index is 0.0589. The Morgan fingerprint density at radius 3 is 2.57 bits per heavy atom.